The third kappa shape index (κ3) is 3.13. The van der Waals surface area contributed by atoms with E-state index in [1.54, 1.807) is 6.08 Å². The molecule has 1 aliphatic heterocycles. The van der Waals surface area contributed by atoms with Crippen molar-refractivity contribution in [1.82, 2.24) is 5.32 Å². The molecule has 0 aromatic heterocycles. The third-order valence-corrected chi connectivity index (χ3v) is 3.00. The Morgan fingerprint density at radius 1 is 1.22 bits per heavy atom. The minimum atomic E-state index is -0.340. The summed E-state index contributed by atoms with van der Waals surface area (Å²) in [6, 6.07) is 7.38. The molecule has 1 aromatic rings. The van der Waals surface area contributed by atoms with E-state index in [-0.39, 0.29) is 17.3 Å². The van der Waals surface area contributed by atoms with E-state index in [1.807, 2.05) is 38.1 Å². The molecule has 0 atom stereocenters. The first-order chi connectivity index (χ1) is 8.54. The number of thioether (sulfide) groups is 1. The van der Waals surface area contributed by atoms with Gasteiger partial charge in [0.15, 0.2) is 0 Å². The van der Waals surface area contributed by atoms with Gasteiger partial charge < -0.3 is 4.74 Å². The van der Waals surface area contributed by atoms with Crippen LogP contribution in [0.1, 0.15) is 19.4 Å². The number of carbonyl (C=O) groups is 2. The van der Waals surface area contributed by atoms with E-state index in [9.17, 15) is 9.59 Å². The van der Waals surface area contributed by atoms with Crippen LogP contribution in [-0.4, -0.2) is 17.3 Å². The van der Waals surface area contributed by atoms with Crippen LogP contribution in [0.2, 0.25) is 0 Å². The molecule has 1 N–H and O–H groups in total. The molecule has 2 amide bonds. The maximum atomic E-state index is 11.4. The summed E-state index contributed by atoms with van der Waals surface area (Å²) in [5.74, 6) is 0.444. The summed E-state index contributed by atoms with van der Waals surface area (Å²) in [4.78, 5) is 22.8. The number of amides is 2. The minimum absolute atomic E-state index is 0.128. The summed E-state index contributed by atoms with van der Waals surface area (Å²) in [5, 5.41) is 1.89. The molecule has 0 unspecified atom stereocenters. The zero-order chi connectivity index (χ0) is 13.1. The van der Waals surface area contributed by atoms with Crippen molar-refractivity contribution < 1.29 is 14.3 Å². The molecular weight excluding hydrogens is 250 g/mol. The van der Waals surface area contributed by atoms with Crippen molar-refractivity contribution in [3.05, 3.63) is 34.7 Å². The van der Waals surface area contributed by atoms with E-state index in [4.69, 9.17) is 4.74 Å². The lowest BCUT2D eigenvalue weighted by Crippen LogP contribution is -2.17. The molecule has 1 fully saturated rings. The van der Waals surface area contributed by atoms with Crippen molar-refractivity contribution >= 4 is 29.0 Å². The molecule has 0 bridgehead atoms. The Labute approximate surface area is 109 Å². The largest absolute Gasteiger partial charge is 0.491 e. The highest BCUT2D eigenvalue weighted by atomic mass is 32.2. The summed E-state index contributed by atoms with van der Waals surface area (Å²) in [6.45, 7) is 3.92. The summed E-state index contributed by atoms with van der Waals surface area (Å²) in [5.41, 5.74) is 0.860. The van der Waals surface area contributed by atoms with Crippen LogP contribution in [0.4, 0.5) is 4.79 Å². The number of hydrogen-bond donors (Lipinski definition) is 1. The number of carbonyl (C=O) groups excluding carboxylic acids is 2. The van der Waals surface area contributed by atoms with Gasteiger partial charge in [0, 0.05) is 0 Å². The standard InChI is InChI=1S/C13H13NO3S/c1-8(2)17-10-5-3-9(4-6-10)7-11-12(15)14-13(16)18-11/h3-8H,1-2H3,(H,14,15,16)/b11-7-. The van der Waals surface area contributed by atoms with Gasteiger partial charge in [-0.3, -0.25) is 14.9 Å². The van der Waals surface area contributed by atoms with Gasteiger partial charge >= 0.3 is 0 Å². The van der Waals surface area contributed by atoms with Gasteiger partial charge in [-0.2, -0.15) is 0 Å². The third-order valence-electron chi connectivity index (χ3n) is 2.19. The van der Waals surface area contributed by atoms with Gasteiger partial charge in [0.2, 0.25) is 0 Å². The topological polar surface area (TPSA) is 55.4 Å². The van der Waals surface area contributed by atoms with Crippen molar-refractivity contribution in [1.29, 1.82) is 0 Å². The van der Waals surface area contributed by atoms with Crippen LogP contribution >= 0.6 is 11.8 Å². The minimum Gasteiger partial charge on any atom is -0.491 e. The first-order valence-corrected chi connectivity index (χ1v) is 6.38. The van der Waals surface area contributed by atoms with Gasteiger partial charge in [-0.05, 0) is 49.4 Å². The zero-order valence-corrected chi connectivity index (χ0v) is 10.9. The van der Waals surface area contributed by atoms with Gasteiger partial charge in [-0.1, -0.05) is 12.1 Å². The average molecular weight is 263 g/mol. The highest BCUT2D eigenvalue weighted by molar-refractivity contribution is 8.18. The number of rotatable bonds is 3. The Bertz CT molecular complexity index is 505. The fourth-order valence-corrected chi connectivity index (χ4v) is 2.17. The quantitative estimate of drug-likeness (QED) is 0.852. The normalized spacial score (nSPS) is 17.4. The maximum Gasteiger partial charge on any atom is 0.290 e. The van der Waals surface area contributed by atoms with Crippen molar-refractivity contribution in [2.24, 2.45) is 0 Å². The summed E-state index contributed by atoms with van der Waals surface area (Å²) < 4.78 is 5.52. The SMILES string of the molecule is CC(C)Oc1ccc(/C=C2\SC(=O)NC2=O)cc1. The number of hydrogen-bond acceptors (Lipinski definition) is 4. The second kappa shape index (κ2) is 5.27. The monoisotopic (exact) mass is 263 g/mol. The van der Waals surface area contributed by atoms with Gasteiger partial charge in [0.1, 0.15) is 5.75 Å². The highest BCUT2D eigenvalue weighted by Gasteiger charge is 2.24. The molecule has 1 heterocycles. The van der Waals surface area contributed by atoms with Crippen LogP contribution in [-0.2, 0) is 4.79 Å². The second-order valence-corrected chi connectivity index (χ2v) is 5.10. The van der Waals surface area contributed by atoms with Crippen LogP contribution < -0.4 is 10.1 Å². The van der Waals surface area contributed by atoms with Crippen molar-refractivity contribution in [2.75, 3.05) is 0 Å². The number of nitrogens with one attached hydrogen (secondary N) is 1. The summed E-state index contributed by atoms with van der Waals surface area (Å²) >= 11 is 0.914. The van der Waals surface area contributed by atoms with Gasteiger partial charge in [-0.15, -0.1) is 0 Å². The fourth-order valence-electron chi connectivity index (χ4n) is 1.49. The van der Waals surface area contributed by atoms with Gasteiger partial charge in [0.25, 0.3) is 11.1 Å². The molecule has 0 radical (unpaired) electrons. The smallest absolute Gasteiger partial charge is 0.290 e. The Morgan fingerprint density at radius 2 is 1.89 bits per heavy atom. The fraction of sp³-hybridized carbons (Fsp3) is 0.231. The molecule has 4 nitrogen and oxygen atoms in total. The van der Waals surface area contributed by atoms with E-state index in [0.717, 1.165) is 23.1 Å². The predicted octanol–water partition coefficient (Wildman–Crippen LogP) is 2.80. The first kappa shape index (κ1) is 12.7. The first-order valence-electron chi connectivity index (χ1n) is 5.56. The molecule has 5 heteroatoms. The Kier molecular flexibility index (Phi) is 3.72. The Morgan fingerprint density at radius 3 is 2.39 bits per heavy atom. The van der Waals surface area contributed by atoms with E-state index >= 15 is 0 Å². The van der Waals surface area contributed by atoms with Crippen molar-refractivity contribution in [2.45, 2.75) is 20.0 Å². The molecule has 94 valence electrons. The van der Waals surface area contributed by atoms with Crippen LogP contribution in [0.5, 0.6) is 5.75 Å². The zero-order valence-electron chi connectivity index (χ0n) is 10.1. The lowest BCUT2D eigenvalue weighted by molar-refractivity contribution is -0.115. The lowest BCUT2D eigenvalue weighted by Gasteiger charge is -2.09. The van der Waals surface area contributed by atoms with E-state index < -0.39 is 0 Å². The Hall–Kier alpha value is -1.75. The average Bonchev–Trinajstić information content (AvgIpc) is 2.59. The highest BCUT2D eigenvalue weighted by Crippen LogP contribution is 2.26. The molecular formula is C13H13NO3S. The van der Waals surface area contributed by atoms with E-state index in [1.165, 1.54) is 0 Å². The van der Waals surface area contributed by atoms with Gasteiger partial charge in [0.05, 0.1) is 11.0 Å². The molecule has 0 saturated carbocycles. The maximum absolute atomic E-state index is 11.4. The number of ether oxygens (including phenoxy) is 1. The molecule has 1 saturated heterocycles. The molecule has 1 aliphatic rings. The molecule has 0 aliphatic carbocycles. The van der Waals surface area contributed by atoms with E-state index in [2.05, 4.69) is 5.32 Å². The number of benzene rings is 1. The van der Waals surface area contributed by atoms with E-state index in [0.29, 0.717) is 4.91 Å². The van der Waals surface area contributed by atoms with Crippen LogP contribution in [0.15, 0.2) is 29.2 Å². The molecule has 0 spiro atoms. The molecule has 18 heavy (non-hydrogen) atoms. The van der Waals surface area contributed by atoms with Crippen LogP contribution in [0.3, 0.4) is 0 Å². The summed E-state index contributed by atoms with van der Waals surface area (Å²) in [7, 11) is 0. The lowest BCUT2D eigenvalue weighted by atomic mass is 10.2. The second-order valence-electron chi connectivity index (χ2n) is 4.09. The number of imide groups is 1. The predicted molar refractivity (Wildman–Crippen MR) is 71.3 cm³/mol. The van der Waals surface area contributed by atoms with Gasteiger partial charge in [-0.25, -0.2) is 0 Å². The van der Waals surface area contributed by atoms with Crippen molar-refractivity contribution in [3.63, 3.8) is 0 Å². The van der Waals surface area contributed by atoms with Crippen LogP contribution in [0.25, 0.3) is 6.08 Å². The van der Waals surface area contributed by atoms with Crippen molar-refractivity contribution in [3.8, 4) is 5.75 Å². The molecule has 2 rings (SSSR count). The Balaban J connectivity index is 2.13. The molecule has 1 aromatic carbocycles. The van der Waals surface area contributed by atoms with Crippen LogP contribution in [0, 0.1) is 0 Å². The summed E-state index contributed by atoms with van der Waals surface area (Å²) in [6.07, 6.45) is 1.81.